The number of likely N-dealkylation sites (N-methyl/N-ethyl adjacent to an activating group) is 1. The summed E-state index contributed by atoms with van der Waals surface area (Å²) < 4.78 is 4.72. The van der Waals surface area contributed by atoms with E-state index in [2.05, 4.69) is 16.0 Å². The molecule has 3 heterocycles. The molecule has 1 unspecified atom stereocenters. The fourth-order valence-corrected chi connectivity index (χ4v) is 6.79. The number of anilines is 1. The molecule has 4 aromatic rings. The van der Waals surface area contributed by atoms with Gasteiger partial charge in [0.2, 0.25) is 11.8 Å². The molecule has 0 aliphatic carbocycles. The van der Waals surface area contributed by atoms with Gasteiger partial charge in [-0.25, -0.2) is 9.78 Å². The number of nitrogens with zero attached hydrogens (tertiary/aromatic N) is 5. The van der Waals surface area contributed by atoms with Crippen LogP contribution in [0.25, 0.3) is 11.2 Å². The van der Waals surface area contributed by atoms with Gasteiger partial charge in [0.1, 0.15) is 11.9 Å². The number of carbonyl (C=O) groups is 5. The summed E-state index contributed by atoms with van der Waals surface area (Å²) in [6.45, 7) is 6.43. The molecule has 4 N–H and O–H groups in total. The van der Waals surface area contributed by atoms with Crippen molar-refractivity contribution >= 4 is 46.4 Å². The summed E-state index contributed by atoms with van der Waals surface area (Å²) in [6, 6.07) is 15.4. The van der Waals surface area contributed by atoms with Crippen LogP contribution in [-0.2, 0) is 56.4 Å². The number of nitrogens with one attached hydrogen (secondary N) is 3. The number of hydrogen-bond acceptors (Lipinski definition) is 9. The highest BCUT2D eigenvalue weighted by Crippen LogP contribution is 2.18. The number of aromatic nitrogens is 4. The minimum Gasteiger partial charge on any atom is -0.481 e. The van der Waals surface area contributed by atoms with E-state index in [1.165, 1.54) is 21.3 Å². The molecule has 0 fully saturated rings. The molecule has 0 saturated heterocycles. The maximum atomic E-state index is 13.9. The number of carboxylic acid groups (broad SMARTS) is 1. The van der Waals surface area contributed by atoms with Crippen molar-refractivity contribution in [3.8, 4) is 0 Å². The van der Waals surface area contributed by atoms with Crippen LogP contribution < -0.4 is 27.2 Å². The molecule has 1 aliphatic heterocycles. The first-order valence-corrected chi connectivity index (χ1v) is 19.4. The number of unbranched alkanes of at least 4 members (excludes halogenated alkanes) is 2. The number of amides is 4. The van der Waals surface area contributed by atoms with Crippen molar-refractivity contribution in [1.29, 1.82) is 0 Å². The highest BCUT2D eigenvalue weighted by molar-refractivity contribution is 6.12. The SMILES string of the molecule is CCCn1c(=O)c2c(nc(Cc3ccccc3)n2CCNCC)n(CCc2cccc(NC(=O)C(CC(=O)O)NC(=O)CCCCCN3C(=O)C=CC3=O)c2)c1=O. The molecule has 2 aromatic heterocycles. The van der Waals surface area contributed by atoms with Crippen molar-refractivity contribution in [3.05, 3.63) is 105 Å². The molecule has 1 aliphatic rings. The van der Waals surface area contributed by atoms with Gasteiger partial charge in [-0.05, 0) is 55.5 Å². The number of rotatable bonds is 22. The van der Waals surface area contributed by atoms with Gasteiger partial charge in [0.05, 0.1) is 6.42 Å². The number of aryl methyl sites for hydroxylation is 2. The van der Waals surface area contributed by atoms with Crippen LogP contribution in [0.15, 0.2) is 76.3 Å². The summed E-state index contributed by atoms with van der Waals surface area (Å²) in [5.74, 6) is -2.55. The minimum absolute atomic E-state index is 0.0266. The van der Waals surface area contributed by atoms with Gasteiger partial charge < -0.3 is 25.6 Å². The van der Waals surface area contributed by atoms with Crippen LogP contribution in [0.2, 0.25) is 0 Å². The summed E-state index contributed by atoms with van der Waals surface area (Å²) in [5.41, 5.74) is 1.98. The van der Waals surface area contributed by atoms with Crippen LogP contribution in [-0.4, -0.2) is 84.0 Å². The number of carboxylic acids is 1. The third kappa shape index (κ3) is 11.0. The lowest BCUT2D eigenvalue weighted by molar-refractivity contribution is -0.140. The average Bonchev–Trinajstić information content (AvgIpc) is 3.70. The number of fused-ring (bicyclic) bond motifs is 1. The Morgan fingerprint density at radius 2 is 1.54 bits per heavy atom. The normalized spacial score (nSPS) is 13.1. The third-order valence-corrected chi connectivity index (χ3v) is 9.64. The Labute approximate surface area is 329 Å². The fraction of sp³-hybridized carbons (Fsp3) is 0.415. The van der Waals surface area contributed by atoms with Crippen LogP contribution in [0, 0.1) is 0 Å². The molecule has 0 radical (unpaired) electrons. The Hall–Kier alpha value is -6.16. The molecule has 4 amide bonds. The van der Waals surface area contributed by atoms with E-state index in [9.17, 15) is 38.7 Å². The van der Waals surface area contributed by atoms with Gasteiger partial charge in [0, 0.05) is 63.4 Å². The lowest BCUT2D eigenvalue weighted by Gasteiger charge is -2.17. The number of benzene rings is 2. The van der Waals surface area contributed by atoms with Gasteiger partial charge in [0.15, 0.2) is 11.2 Å². The maximum Gasteiger partial charge on any atom is 0.332 e. The molecule has 57 heavy (non-hydrogen) atoms. The smallest absolute Gasteiger partial charge is 0.332 e. The number of imidazole rings is 1. The molecular formula is C41H50N8O8. The second-order valence-electron chi connectivity index (χ2n) is 13.9. The lowest BCUT2D eigenvalue weighted by Crippen LogP contribution is -2.45. The van der Waals surface area contributed by atoms with E-state index in [0.29, 0.717) is 74.3 Å². The second-order valence-corrected chi connectivity index (χ2v) is 13.9. The molecule has 2 aromatic carbocycles. The minimum atomic E-state index is -1.34. The number of hydrogen-bond donors (Lipinski definition) is 4. The van der Waals surface area contributed by atoms with Crippen molar-refractivity contribution in [2.75, 3.05) is 25.0 Å². The summed E-state index contributed by atoms with van der Waals surface area (Å²) in [5, 5.41) is 18.0. The molecule has 1 atom stereocenters. The fourth-order valence-electron chi connectivity index (χ4n) is 6.79. The zero-order valence-electron chi connectivity index (χ0n) is 32.4. The zero-order chi connectivity index (χ0) is 40.9. The van der Waals surface area contributed by atoms with Crippen molar-refractivity contribution in [3.63, 3.8) is 0 Å². The van der Waals surface area contributed by atoms with Gasteiger partial charge in [0.25, 0.3) is 17.4 Å². The van der Waals surface area contributed by atoms with Gasteiger partial charge in [-0.3, -0.25) is 42.8 Å². The van der Waals surface area contributed by atoms with Gasteiger partial charge in [-0.2, -0.15) is 0 Å². The summed E-state index contributed by atoms with van der Waals surface area (Å²) in [4.78, 5) is 94.9. The molecule has 16 heteroatoms. The van der Waals surface area contributed by atoms with Crippen LogP contribution in [0.1, 0.15) is 69.3 Å². The Balaban J connectivity index is 1.29. The molecule has 0 saturated carbocycles. The average molecular weight is 783 g/mol. The van der Waals surface area contributed by atoms with Crippen LogP contribution >= 0.6 is 0 Å². The molecule has 16 nitrogen and oxygen atoms in total. The first-order valence-electron chi connectivity index (χ1n) is 19.4. The number of carbonyl (C=O) groups excluding carboxylic acids is 4. The highest BCUT2D eigenvalue weighted by Gasteiger charge is 2.26. The summed E-state index contributed by atoms with van der Waals surface area (Å²) in [6.07, 6.45) is 4.66. The zero-order valence-corrected chi connectivity index (χ0v) is 32.4. The van der Waals surface area contributed by atoms with Crippen LogP contribution in [0.3, 0.4) is 0 Å². The van der Waals surface area contributed by atoms with Gasteiger partial charge >= 0.3 is 11.7 Å². The Morgan fingerprint density at radius 3 is 2.25 bits per heavy atom. The molecule has 302 valence electrons. The van der Waals surface area contributed by atoms with Gasteiger partial charge in [-0.1, -0.05) is 62.7 Å². The first-order chi connectivity index (χ1) is 27.5. The molecular weight excluding hydrogens is 732 g/mol. The van der Waals surface area contributed by atoms with Crippen molar-refractivity contribution in [1.82, 2.24) is 34.2 Å². The van der Waals surface area contributed by atoms with Crippen LogP contribution in [0.4, 0.5) is 5.69 Å². The third-order valence-electron chi connectivity index (χ3n) is 9.64. The summed E-state index contributed by atoms with van der Waals surface area (Å²) in [7, 11) is 0. The first kappa shape index (κ1) is 42.0. The van der Waals surface area contributed by atoms with Crippen molar-refractivity contribution < 1.29 is 29.1 Å². The Kier molecular flexibility index (Phi) is 14.8. The molecule has 5 rings (SSSR count). The van der Waals surface area contributed by atoms with E-state index in [4.69, 9.17) is 4.98 Å². The predicted octanol–water partition coefficient (Wildman–Crippen LogP) is 2.60. The standard InChI is InChI=1S/C41H50N8O8/c1-3-21-49-40(56)37-38(45-32(46(37)24-20-42-4-2)26-28-12-7-5-8-13-28)48(41(49)57)23-19-29-14-11-15-30(25-29)43-39(55)31(27-36(53)54)44-33(50)16-9-6-10-22-47-34(51)17-18-35(47)52/h5,7-8,11-15,17-18,25,31,42H,3-4,6,9-10,16,19-24,26-27H2,1-2H3,(H,43,55)(H,44,50)(H,53,54). The van der Waals surface area contributed by atoms with E-state index in [1.54, 1.807) is 18.2 Å². The number of aliphatic carboxylic acids is 1. The molecule has 0 bridgehead atoms. The van der Waals surface area contributed by atoms with Gasteiger partial charge in [-0.15, -0.1) is 0 Å². The van der Waals surface area contributed by atoms with E-state index in [0.717, 1.165) is 22.6 Å². The second kappa shape index (κ2) is 20.1. The topological polar surface area (TPSA) is 207 Å². The largest absolute Gasteiger partial charge is 0.481 e. The van der Waals surface area contributed by atoms with Crippen LogP contribution in [0.5, 0.6) is 0 Å². The quantitative estimate of drug-likeness (QED) is 0.0677. The Morgan fingerprint density at radius 1 is 0.807 bits per heavy atom. The predicted molar refractivity (Wildman–Crippen MR) is 214 cm³/mol. The van der Waals surface area contributed by atoms with E-state index in [1.807, 2.05) is 54.8 Å². The highest BCUT2D eigenvalue weighted by atomic mass is 16.4. The van der Waals surface area contributed by atoms with E-state index >= 15 is 0 Å². The monoisotopic (exact) mass is 782 g/mol. The lowest BCUT2D eigenvalue weighted by atomic mass is 10.1. The van der Waals surface area contributed by atoms with E-state index < -0.39 is 35.9 Å². The summed E-state index contributed by atoms with van der Waals surface area (Å²) >= 11 is 0. The maximum absolute atomic E-state index is 13.9. The van der Waals surface area contributed by atoms with Crippen molar-refractivity contribution in [2.45, 2.75) is 90.9 Å². The van der Waals surface area contributed by atoms with E-state index in [-0.39, 0.29) is 43.4 Å². The Bertz CT molecular complexity index is 2220. The number of imide groups is 1. The molecule has 0 spiro atoms. The van der Waals surface area contributed by atoms with Crippen molar-refractivity contribution in [2.24, 2.45) is 0 Å².